The van der Waals surface area contributed by atoms with Crippen molar-refractivity contribution in [1.82, 2.24) is 14.9 Å². The molecule has 1 N–H and O–H groups in total. The Balaban J connectivity index is 1.54. The molecule has 1 saturated heterocycles. The van der Waals surface area contributed by atoms with Gasteiger partial charge in [-0.2, -0.15) is 0 Å². The highest BCUT2D eigenvalue weighted by Crippen LogP contribution is 2.36. The van der Waals surface area contributed by atoms with Gasteiger partial charge >= 0.3 is 0 Å². The van der Waals surface area contributed by atoms with Crippen LogP contribution < -0.4 is 5.56 Å². The van der Waals surface area contributed by atoms with Gasteiger partial charge in [0.05, 0.1) is 17.4 Å². The molecule has 2 fully saturated rings. The first-order valence-electron chi connectivity index (χ1n) is 8.60. The van der Waals surface area contributed by atoms with Crippen molar-refractivity contribution in [2.24, 2.45) is 11.8 Å². The van der Waals surface area contributed by atoms with E-state index in [1.165, 1.54) is 32.1 Å². The van der Waals surface area contributed by atoms with Gasteiger partial charge in [-0.1, -0.05) is 30.9 Å². The number of halogens is 1. The first kappa shape index (κ1) is 15.2. The number of aromatic nitrogens is 2. The maximum atomic E-state index is 12.2. The molecule has 2 heterocycles. The van der Waals surface area contributed by atoms with Crippen molar-refractivity contribution in [1.29, 1.82) is 0 Å². The number of hydrogen-bond acceptors (Lipinski definition) is 3. The predicted octanol–water partition coefficient (Wildman–Crippen LogP) is 3.59. The van der Waals surface area contributed by atoms with Gasteiger partial charge in [0.25, 0.3) is 5.56 Å². The summed E-state index contributed by atoms with van der Waals surface area (Å²) in [4.78, 5) is 22.2. The summed E-state index contributed by atoms with van der Waals surface area (Å²) in [5.74, 6) is 2.50. The molecule has 1 aliphatic heterocycles. The summed E-state index contributed by atoms with van der Waals surface area (Å²) in [6.45, 7) is 2.97. The molecule has 4 nitrogen and oxygen atoms in total. The van der Waals surface area contributed by atoms with E-state index in [1.54, 1.807) is 18.2 Å². The lowest BCUT2D eigenvalue weighted by atomic mass is 9.75. The zero-order valence-corrected chi connectivity index (χ0v) is 14.0. The molecule has 2 aromatic rings. The number of piperidine rings is 1. The zero-order chi connectivity index (χ0) is 15.8. The minimum Gasteiger partial charge on any atom is -0.309 e. The quantitative estimate of drug-likeness (QED) is 0.915. The standard InChI is InChI=1S/C18H22ClN3O/c19-14-5-6-15-16(9-14)20-17(21-18(15)23)11-22-8-7-12-3-1-2-4-13(12)10-22/h5-6,9,12-13H,1-4,7-8,10-11H2,(H,20,21,23)/t12-,13-/m0/s1. The lowest BCUT2D eigenvalue weighted by molar-refractivity contribution is 0.0803. The largest absolute Gasteiger partial charge is 0.309 e. The molecule has 0 bridgehead atoms. The topological polar surface area (TPSA) is 49.0 Å². The molecule has 2 atom stereocenters. The molecule has 4 rings (SSSR count). The van der Waals surface area contributed by atoms with Gasteiger partial charge in [0.1, 0.15) is 5.82 Å². The second-order valence-electron chi connectivity index (χ2n) is 7.00. The summed E-state index contributed by atoms with van der Waals surface area (Å²) in [6, 6.07) is 5.23. The van der Waals surface area contributed by atoms with Gasteiger partial charge in [-0.15, -0.1) is 0 Å². The molecular weight excluding hydrogens is 310 g/mol. The Bertz CT molecular complexity index is 772. The molecule has 1 aliphatic carbocycles. The fourth-order valence-corrected chi connectivity index (χ4v) is 4.43. The first-order valence-corrected chi connectivity index (χ1v) is 8.97. The number of hydrogen-bond donors (Lipinski definition) is 1. The first-order chi connectivity index (χ1) is 11.2. The van der Waals surface area contributed by atoms with E-state index in [1.807, 2.05) is 0 Å². The molecule has 122 valence electrons. The number of benzene rings is 1. The minimum absolute atomic E-state index is 0.0748. The van der Waals surface area contributed by atoms with Crippen molar-refractivity contribution in [3.05, 3.63) is 39.4 Å². The number of H-pyrrole nitrogens is 1. The summed E-state index contributed by atoms with van der Waals surface area (Å²) in [5.41, 5.74) is 0.609. The van der Waals surface area contributed by atoms with Crippen molar-refractivity contribution in [2.75, 3.05) is 13.1 Å². The van der Waals surface area contributed by atoms with Crippen molar-refractivity contribution in [3.63, 3.8) is 0 Å². The number of fused-ring (bicyclic) bond motifs is 2. The van der Waals surface area contributed by atoms with Gasteiger partial charge < -0.3 is 4.98 Å². The van der Waals surface area contributed by atoms with Gasteiger partial charge in [0, 0.05) is 11.6 Å². The monoisotopic (exact) mass is 331 g/mol. The average molecular weight is 332 g/mol. The summed E-state index contributed by atoms with van der Waals surface area (Å²) >= 11 is 6.03. The SMILES string of the molecule is O=c1[nH]c(CN2CC[C@@H]3CCCC[C@H]3C2)nc2cc(Cl)ccc12. The molecule has 2 aliphatic rings. The minimum atomic E-state index is -0.0748. The van der Waals surface area contributed by atoms with Gasteiger partial charge in [-0.3, -0.25) is 9.69 Å². The smallest absolute Gasteiger partial charge is 0.258 e. The van der Waals surface area contributed by atoms with Crippen molar-refractivity contribution in [2.45, 2.75) is 38.6 Å². The molecule has 0 unspecified atom stereocenters. The van der Waals surface area contributed by atoms with Crippen molar-refractivity contribution >= 4 is 22.5 Å². The van der Waals surface area contributed by atoms with Crippen LogP contribution >= 0.6 is 11.6 Å². The maximum Gasteiger partial charge on any atom is 0.258 e. The van der Waals surface area contributed by atoms with E-state index in [2.05, 4.69) is 14.9 Å². The Kier molecular flexibility index (Phi) is 4.12. The van der Waals surface area contributed by atoms with Crippen LogP contribution in [0.25, 0.3) is 10.9 Å². The number of aromatic amines is 1. The lowest BCUT2D eigenvalue weighted by Crippen LogP contribution is -2.41. The van der Waals surface area contributed by atoms with Crippen LogP contribution in [0.2, 0.25) is 5.02 Å². The normalized spacial score (nSPS) is 25.4. The Morgan fingerprint density at radius 2 is 2.04 bits per heavy atom. The molecule has 0 radical (unpaired) electrons. The third kappa shape index (κ3) is 3.15. The van der Waals surface area contributed by atoms with E-state index >= 15 is 0 Å². The Hall–Kier alpha value is -1.39. The molecule has 0 amide bonds. The van der Waals surface area contributed by atoms with Gasteiger partial charge in [-0.05, 0) is 49.4 Å². The highest BCUT2D eigenvalue weighted by Gasteiger charge is 2.31. The lowest BCUT2D eigenvalue weighted by Gasteiger charge is -2.41. The molecule has 0 spiro atoms. The van der Waals surface area contributed by atoms with Crippen molar-refractivity contribution in [3.8, 4) is 0 Å². The second-order valence-corrected chi connectivity index (χ2v) is 7.44. The maximum absolute atomic E-state index is 12.2. The van der Waals surface area contributed by atoms with Crippen LogP contribution in [0.4, 0.5) is 0 Å². The molecular formula is C18H22ClN3O. The fraction of sp³-hybridized carbons (Fsp3) is 0.556. The molecule has 5 heteroatoms. The van der Waals surface area contributed by atoms with E-state index < -0.39 is 0 Å². The summed E-state index contributed by atoms with van der Waals surface area (Å²) in [5, 5.41) is 1.22. The van der Waals surface area contributed by atoms with Crippen LogP contribution in [0.1, 0.15) is 37.9 Å². The van der Waals surface area contributed by atoms with Crippen LogP contribution in [0.15, 0.2) is 23.0 Å². The number of rotatable bonds is 2. The molecule has 1 aromatic heterocycles. The third-order valence-corrected chi connectivity index (χ3v) is 5.70. The van der Waals surface area contributed by atoms with Crippen LogP contribution in [-0.2, 0) is 6.54 Å². The van der Waals surface area contributed by atoms with Crippen LogP contribution in [0.5, 0.6) is 0 Å². The third-order valence-electron chi connectivity index (χ3n) is 5.47. The Morgan fingerprint density at radius 3 is 2.91 bits per heavy atom. The highest BCUT2D eigenvalue weighted by molar-refractivity contribution is 6.31. The van der Waals surface area contributed by atoms with Crippen LogP contribution in [-0.4, -0.2) is 28.0 Å². The number of nitrogens with one attached hydrogen (secondary N) is 1. The highest BCUT2D eigenvalue weighted by atomic mass is 35.5. The number of nitrogens with zero attached hydrogens (tertiary/aromatic N) is 2. The molecule has 1 aromatic carbocycles. The summed E-state index contributed by atoms with van der Waals surface area (Å²) in [6.07, 6.45) is 6.83. The summed E-state index contributed by atoms with van der Waals surface area (Å²) in [7, 11) is 0. The van der Waals surface area contributed by atoms with E-state index in [4.69, 9.17) is 11.6 Å². The second kappa shape index (κ2) is 6.25. The zero-order valence-electron chi connectivity index (χ0n) is 13.2. The van der Waals surface area contributed by atoms with Crippen LogP contribution in [0.3, 0.4) is 0 Å². The van der Waals surface area contributed by atoms with Crippen LogP contribution in [0, 0.1) is 11.8 Å². The van der Waals surface area contributed by atoms with Gasteiger partial charge in [0.2, 0.25) is 0 Å². The predicted molar refractivity (Wildman–Crippen MR) is 92.7 cm³/mol. The van der Waals surface area contributed by atoms with Gasteiger partial charge in [-0.25, -0.2) is 4.98 Å². The van der Waals surface area contributed by atoms with Crippen molar-refractivity contribution < 1.29 is 0 Å². The Labute approximate surface area is 140 Å². The average Bonchev–Trinajstić information content (AvgIpc) is 2.54. The fourth-order valence-electron chi connectivity index (χ4n) is 4.27. The molecule has 23 heavy (non-hydrogen) atoms. The van der Waals surface area contributed by atoms with Gasteiger partial charge in [0.15, 0.2) is 0 Å². The summed E-state index contributed by atoms with van der Waals surface area (Å²) < 4.78 is 0. The van der Waals surface area contributed by atoms with E-state index in [-0.39, 0.29) is 5.56 Å². The van der Waals surface area contributed by atoms with E-state index in [9.17, 15) is 4.79 Å². The van der Waals surface area contributed by atoms with E-state index in [0.29, 0.717) is 15.9 Å². The Morgan fingerprint density at radius 1 is 1.22 bits per heavy atom. The number of likely N-dealkylation sites (tertiary alicyclic amines) is 1. The molecule has 1 saturated carbocycles. The van der Waals surface area contributed by atoms with E-state index in [0.717, 1.165) is 37.3 Å².